The van der Waals surface area contributed by atoms with E-state index in [4.69, 9.17) is 4.42 Å². The summed E-state index contributed by atoms with van der Waals surface area (Å²) < 4.78 is 5.90. The smallest absolute Gasteiger partial charge is 0.200 e. The van der Waals surface area contributed by atoms with E-state index >= 15 is 0 Å². The minimum absolute atomic E-state index is 0.0615. The van der Waals surface area contributed by atoms with Crippen LogP contribution in [0.1, 0.15) is 37.8 Å². The van der Waals surface area contributed by atoms with Gasteiger partial charge in [-0.2, -0.15) is 0 Å². The van der Waals surface area contributed by atoms with Crippen molar-refractivity contribution in [1.82, 2.24) is 0 Å². The van der Waals surface area contributed by atoms with Crippen LogP contribution in [0.15, 0.2) is 45.6 Å². The van der Waals surface area contributed by atoms with Crippen LogP contribution < -0.4 is 5.43 Å². The van der Waals surface area contributed by atoms with Crippen molar-refractivity contribution in [2.24, 2.45) is 0 Å². The highest BCUT2D eigenvalue weighted by atomic mass is 16.3. The number of hydrogen-bond donors (Lipinski definition) is 0. The molecule has 0 atom stereocenters. The van der Waals surface area contributed by atoms with Crippen LogP contribution in [0.4, 0.5) is 0 Å². The van der Waals surface area contributed by atoms with E-state index in [9.17, 15) is 4.79 Å². The lowest BCUT2D eigenvalue weighted by Gasteiger charge is -2.07. The average molecular weight is 266 g/mol. The van der Waals surface area contributed by atoms with Crippen molar-refractivity contribution in [2.75, 3.05) is 0 Å². The van der Waals surface area contributed by atoms with Gasteiger partial charge in [0.25, 0.3) is 0 Å². The van der Waals surface area contributed by atoms with Crippen molar-refractivity contribution in [3.63, 3.8) is 0 Å². The molecule has 0 aliphatic carbocycles. The van der Waals surface area contributed by atoms with Crippen LogP contribution >= 0.6 is 0 Å². The van der Waals surface area contributed by atoms with Gasteiger partial charge >= 0.3 is 0 Å². The predicted octanol–water partition coefficient (Wildman–Crippen LogP) is 4.63. The van der Waals surface area contributed by atoms with Crippen molar-refractivity contribution in [3.05, 3.63) is 57.7 Å². The predicted molar refractivity (Wildman–Crippen MR) is 83.5 cm³/mol. The Hall–Kier alpha value is -2.09. The first-order valence-electron chi connectivity index (χ1n) is 7.09. The zero-order valence-electron chi connectivity index (χ0n) is 12.1. The Bertz CT molecular complexity index is 841. The Kier molecular flexibility index (Phi) is 3.09. The van der Waals surface area contributed by atoms with Crippen molar-refractivity contribution >= 4 is 21.9 Å². The van der Waals surface area contributed by atoms with Crippen LogP contribution in [0, 0.1) is 0 Å². The van der Waals surface area contributed by atoms with Crippen molar-refractivity contribution in [2.45, 2.75) is 33.1 Å². The largest absolute Gasteiger partial charge is 0.456 e. The first-order chi connectivity index (χ1) is 9.60. The highest BCUT2D eigenvalue weighted by Crippen LogP contribution is 2.23. The molecule has 1 heterocycles. The van der Waals surface area contributed by atoms with Gasteiger partial charge in [-0.05, 0) is 47.7 Å². The summed E-state index contributed by atoms with van der Waals surface area (Å²) in [5, 5.41) is 1.34. The van der Waals surface area contributed by atoms with Gasteiger partial charge in [-0.15, -0.1) is 0 Å². The fraction of sp³-hybridized carbons (Fsp3) is 0.278. The van der Waals surface area contributed by atoms with Crippen molar-refractivity contribution in [1.29, 1.82) is 0 Å². The van der Waals surface area contributed by atoms with E-state index in [-0.39, 0.29) is 5.43 Å². The summed E-state index contributed by atoms with van der Waals surface area (Å²) in [7, 11) is 0. The Morgan fingerprint density at radius 2 is 1.80 bits per heavy atom. The van der Waals surface area contributed by atoms with Crippen molar-refractivity contribution < 1.29 is 4.42 Å². The highest BCUT2D eigenvalue weighted by molar-refractivity contribution is 5.90. The van der Waals surface area contributed by atoms with E-state index in [0.29, 0.717) is 27.9 Å². The molecule has 2 heteroatoms. The molecular weight excluding hydrogens is 248 g/mol. The molecule has 0 aliphatic rings. The van der Waals surface area contributed by atoms with Crippen LogP contribution in [-0.2, 0) is 6.42 Å². The van der Waals surface area contributed by atoms with Crippen molar-refractivity contribution in [3.8, 4) is 0 Å². The molecule has 3 rings (SSSR count). The lowest BCUT2D eigenvalue weighted by atomic mass is 10.0. The molecule has 0 unspecified atom stereocenters. The second-order valence-corrected chi connectivity index (χ2v) is 5.53. The Morgan fingerprint density at radius 3 is 2.50 bits per heavy atom. The number of rotatable bonds is 2. The highest BCUT2D eigenvalue weighted by Gasteiger charge is 2.10. The quantitative estimate of drug-likeness (QED) is 0.633. The molecule has 0 fully saturated rings. The van der Waals surface area contributed by atoms with Gasteiger partial charge in [0.2, 0.25) is 5.43 Å². The lowest BCUT2D eigenvalue weighted by molar-refractivity contribution is 0.658. The molecule has 0 N–H and O–H groups in total. The normalized spacial score (nSPS) is 11.6. The third kappa shape index (κ3) is 2.01. The molecule has 0 spiro atoms. The molecule has 2 aromatic carbocycles. The molecule has 0 bridgehead atoms. The van der Waals surface area contributed by atoms with Crippen LogP contribution in [0.25, 0.3) is 21.9 Å². The maximum atomic E-state index is 12.6. The van der Waals surface area contributed by atoms with E-state index in [1.54, 1.807) is 0 Å². The Labute approximate surface area is 118 Å². The SMILES string of the molecule is CCc1ccc2c(=O)c3cc(C(C)C)ccc3oc2c1. The molecule has 2 nitrogen and oxygen atoms in total. The number of benzene rings is 2. The molecule has 0 radical (unpaired) electrons. The number of aryl methyl sites for hydroxylation is 1. The van der Waals surface area contributed by atoms with Crippen LogP contribution in [0.3, 0.4) is 0 Å². The molecule has 0 saturated carbocycles. The summed E-state index contributed by atoms with van der Waals surface area (Å²) in [5.41, 5.74) is 3.75. The van der Waals surface area contributed by atoms with Gasteiger partial charge in [-0.3, -0.25) is 4.79 Å². The molecule has 3 aromatic rings. The van der Waals surface area contributed by atoms with Crippen LogP contribution in [0.2, 0.25) is 0 Å². The average Bonchev–Trinajstić information content (AvgIpc) is 2.46. The Morgan fingerprint density at radius 1 is 1.00 bits per heavy atom. The van der Waals surface area contributed by atoms with Gasteiger partial charge in [0, 0.05) is 0 Å². The lowest BCUT2D eigenvalue weighted by Crippen LogP contribution is -2.03. The summed E-state index contributed by atoms with van der Waals surface area (Å²) in [5.74, 6) is 0.400. The van der Waals surface area contributed by atoms with Crippen LogP contribution in [0.5, 0.6) is 0 Å². The number of fused-ring (bicyclic) bond motifs is 2. The van der Waals surface area contributed by atoms with Gasteiger partial charge in [0.1, 0.15) is 11.2 Å². The summed E-state index contributed by atoms with van der Waals surface area (Å²) in [6, 6.07) is 11.7. The summed E-state index contributed by atoms with van der Waals surface area (Å²) in [6.45, 7) is 6.34. The molecule has 0 amide bonds. The molecular formula is C18H18O2. The minimum atomic E-state index is 0.0615. The molecule has 0 saturated heterocycles. The van der Waals surface area contributed by atoms with Crippen LogP contribution in [-0.4, -0.2) is 0 Å². The Balaban J connectivity index is 2.38. The summed E-state index contributed by atoms with van der Waals surface area (Å²) in [6.07, 6.45) is 0.934. The standard InChI is InChI=1S/C18H18O2/c1-4-12-5-7-14-17(9-12)20-16-8-6-13(11(2)3)10-15(16)18(14)19/h5-11H,4H2,1-3H3. The van der Waals surface area contributed by atoms with E-state index in [0.717, 1.165) is 12.0 Å². The fourth-order valence-electron chi connectivity index (χ4n) is 2.50. The van der Waals surface area contributed by atoms with Gasteiger partial charge in [0.05, 0.1) is 10.8 Å². The van der Waals surface area contributed by atoms with E-state index in [2.05, 4.69) is 20.8 Å². The number of hydrogen-bond acceptors (Lipinski definition) is 2. The molecule has 1 aromatic heterocycles. The zero-order valence-corrected chi connectivity index (χ0v) is 12.1. The van der Waals surface area contributed by atoms with Gasteiger partial charge in [-0.25, -0.2) is 0 Å². The van der Waals surface area contributed by atoms with Gasteiger partial charge in [0.15, 0.2) is 0 Å². The zero-order chi connectivity index (χ0) is 14.3. The molecule has 102 valence electrons. The second-order valence-electron chi connectivity index (χ2n) is 5.53. The van der Waals surface area contributed by atoms with E-state index in [1.807, 2.05) is 36.4 Å². The van der Waals surface area contributed by atoms with E-state index < -0.39 is 0 Å². The molecule has 20 heavy (non-hydrogen) atoms. The topological polar surface area (TPSA) is 30.2 Å². The minimum Gasteiger partial charge on any atom is -0.456 e. The third-order valence-corrected chi connectivity index (χ3v) is 3.83. The first kappa shape index (κ1) is 12.9. The summed E-state index contributed by atoms with van der Waals surface area (Å²) in [4.78, 5) is 12.6. The maximum absolute atomic E-state index is 12.6. The van der Waals surface area contributed by atoms with Gasteiger partial charge < -0.3 is 4.42 Å². The molecule has 0 aliphatic heterocycles. The third-order valence-electron chi connectivity index (χ3n) is 3.83. The first-order valence-corrected chi connectivity index (χ1v) is 7.09. The van der Waals surface area contributed by atoms with Gasteiger partial charge in [-0.1, -0.05) is 32.9 Å². The fourth-order valence-corrected chi connectivity index (χ4v) is 2.50. The maximum Gasteiger partial charge on any atom is 0.200 e. The van der Waals surface area contributed by atoms with E-state index in [1.165, 1.54) is 5.56 Å². The summed E-state index contributed by atoms with van der Waals surface area (Å²) >= 11 is 0. The monoisotopic (exact) mass is 266 g/mol. The second kappa shape index (κ2) is 4.78.